The van der Waals surface area contributed by atoms with Crippen LogP contribution in [0.15, 0.2) is 36.4 Å². The average Bonchev–Trinajstić information content (AvgIpc) is 2.64. The third-order valence-corrected chi connectivity index (χ3v) is 4.68. The van der Waals surface area contributed by atoms with Gasteiger partial charge in [-0.25, -0.2) is 8.78 Å². The molecule has 1 aliphatic heterocycles. The van der Waals surface area contributed by atoms with E-state index in [-0.39, 0.29) is 22.9 Å². The summed E-state index contributed by atoms with van der Waals surface area (Å²) in [5.74, 6) is -0.948. The van der Waals surface area contributed by atoms with Crippen LogP contribution in [0.1, 0.15) is 60.7 Å². The van der Waals surface area contributed by atoms with Gasteiger partial charge >= 0.3 is 0 Å². The first kappa shape index (κ1) is 20.6. The summed E-state index contributed by atoms with van der Waals surface area (Å²) in [5.41, 5.74) is -0.00965. The van der Waals surface area contributed by atoms with Gasteiger partial charge in [-0.1, -0.05) is 13.8 Å². The van der Waals surface area contributed by atoms with Gasteiger partial charge < -0.3 is 9.84 Å². The maximum atomic E-state index is 13.0. The van der Waals surface area contributed by atoms with E-state index in [1.54, 1.807) is 6.07 Å². The molecule has 3 rings (SSSR count). The molecule has 0 bridgehead atoms. The van der Waals surface area contributed by atoms with Crippen molar-refractivity contribution in [3.8, 4) is 11.5 Å². The monoisotopic (exact) mass is 376 g/mol. The average molecular weight is 376 g/mol. The molecule has 144 valence electrons. The number of phenolic OH excluding ortho intramolecular Hbond substituents is 1. The van der Waals surface area contributed by atoms with Gasteiger partial charge in [0, 0.05) is 0 Å². The van der Waals surface area contributed by atoms with Crippen molar-refractivity contribution in [1.29, 1.82) is 0 Å². The molecule has 0 radical (unpaired) electrons. The van der Waals surface area contributed by atoms with Crippen molar-refractivity contribution in [3.05, 3.63) is 59.2 Å². The Morgan fingerprint density at radius 1 is 1.11 bits per heavy atom. The number of rotatable bonds is 3. The van der Waals surface area contributed by atoms with Gasteiger partial charge in [0.2, 0.25) is 0 Å². The van der Waals surface area contributed by atoms with Crippen LogP contribution in [0.25, 0.3) is 0 Å². The van der Waals surface area contributed by atoms with Gasteiger partial charge in [-0.05, 0) is 56.2 Å². The molecule has 0 aromatic heterocycles. The molecule has 2 aromatic carbocycles. The number of halogens is 2. The van der Waals surface area contributed by atoms with Gasteiger partial charge in [0.05, 0.1) is 17.5 Å². The number of benzene rings is 2. The van der Waals surface area contributed by atoms with E-state index < -0.39 is 17.2 Å². The van der Waals surface area contributed by atoms with Crippen LogP contribution in [0, 0.1) is 11.6 Å². The summed E-state index contributed by atoms with van der Waals surface area (Å²) in [6.07, 6.45) is 1.91. The normalized spacial score (nSPS) is 14.5. The minimum atomic E-state index is -0.520. The molecule has 6 heteroatoms. The van der Waals surface area contributed by atoms with Gasteiger partial charge in [-0.3, -0.25) is 9.59 Å². The van der Waals surface area contributed by atoms with Crippen LogP contribution in [0.4, 0.5) is 8.78 Å². The predicted molar refractivity (Wildman–Crippen MR) is 97.4 cm³/mol. The van der Waals surface area contributed by atoms with Gasteiger partial charge in [0.25, 0.3) is 0 Å². The van der Waals surface area contributed by atoms with Crippen molar-refractivity contribution in [1.82, 2.24) is 0 Å². The zero-order valence-corrected chi connectivity index (χ0v) is 15.5. The van der Waals surface area contributed by atoms with Crippen molar-refractivity contribution in [2.24, 2.45) is 0 Å². The lowest BCUT2D eigenvalue weighted by molar-refractivity contribution is 0.0348. The summed E-state index contributed by atoms with van der Waals surface area (Å²) in [7, 11) is 0. The SMILES string of the molecule is CC(=O)c1cc(F)ccc1O.CCC1(CC)CC(=O)c2cc(F)ccc2O1. The molecule has 0 amide bonds. The molecule has 0 atom stereocenters. The smallest absolute Gasteiger partial charge is 0.170 e. The van der Waals surface area contributed by atoms with Crippen LogP contribution >= 0.6 is 0 Å². The quantitative estimate of drug-likeness (QED) is 0.759. The molecular formula is C21H22F2O4. The minimum Gasteiger partial charge on any atom is -0.507 e. The van der Waals surface area contributed by atoms with E-state index in [0.29, 0.717) is 17.7 Å². The Bertz CT molecular complexity index is 857. The van der Waals surface area contributed by atoms with Crippen LogP contribution in [0.2, 0.25) is 0 Å². The lowest BCUT2D eigenvalue weighted by Crippen LogP contribution is -2.40. The highest BCUT2D eigenvalue weighted by Gasteiger charge is 2.37. The summed E-state index contributed by atoms with van der Waals surface area (Å²) >= 11 is 0. The number of hydrogen-bond donors (Lipinski definition) is 1. The second kappa shape index (κ2) is 8.29. The maximum absolute atomic E-state index is 13.0. The number of carbonyl (C=O) groups excluding carboxylic acids is 2. The van der Waals surface area contributed by atoms with E-state index in [9.17, 15) is 18.4 Å². The van der Waals surface area contributed by atoms with Crippen molar-refractivity contribution in [3.63, 3.8) is 0 Å². The molecule has 0 fully saturated rings. The largest absolute Gasteiger partial charge is 0.507 e. The van der Waals surface area contributed by atoms with Crippen LogP contribution in [-0.2, 0) is 0 Å². The molecule has 1 aliphatic rings. The molecule has 0 saturated heterocycles. The zero-order valence-electron chi connectivity index (χ0n) is 15.5. The third kappa shape index (κ3) is 4.70. The highest BCUT2D eigenvalue weighted by atomic mass is 19.1. The molecular weight excluding hydrogens is 354 g/mol. The number of ketones is 2. The standard InChI is InChI=1S/C13H15FO2.C8H7FO2/c1-3-13(4-2)8-11(15)10-7-9(14)5-6-12(10)16-13;1-5(10)7-4-6(9)2-3-8(7)11/h5-7H,3-4,8H2,1-2H3;2-4,11H,1H3. The predicted octanol–water partition coefficient (Wildman–Crippen LogP) is 5.08. The van der Waals surface area contributed by atoms with E-state index in [1.807, 2.05) is 13.8 Å². The molecule has 2 aromatic rings. The van der Waals surface area contributed by atoms with Crippen molar-refractivity contribution >= 4 is 11.6 Å². The summed E-state index contributed by atoms with van der Waals surface area (Å²) < 4.78 is 31.3. The topological polar surface area (TPSA) is 63.6 Å². The Hall–Kier alpha value is -2.76. The highest BCUT2D eigenvalue weighted by Crippen LogP contribution is 2.37. The van der Waals surface area contributed by atoms with Crippen molar-refractivity contribution in [2.75, 3.05) is 0 Å². The summed E-state index contributed by atoms with van der Waals surface area (Å²) in [6.45, 7) is 5.28. The fourth-order valence-electron chi connectivity index (χ4n) is 2.90. The Morgan fingerprint density at radius 2 is 1.70 bits per heavy atom. The summed E-state index contributed by atoms with van der Waals surface area (Å²) in [5, 5.41) is 9.02. The Balaban J connectivity index is 0.000000208. The molecule has 4 nitrogen and oxygen atoms in total. The lowest BCUT2D eigenvalue weighted by atomic mass is 9.86. The van der Waals surface area contributed by atoms with E-state index >= 15 is 0 Å². The Labute approximate surface area is 156 Å². The zero-order chi connectivity index (χ0) is 20.2. The summed E-state index contributed by atoms with van der Waals surface area (Å²) in [6, 6.07) is 7.40. The second-order valence-corrected chi connectivity index (χ2v) is 6.45. The molecule has 0 saturated carbocycles. The molecule has 0 aliphatic carbocycles. The third-order valence-electron chi connectivity index (χ3n) is 4.68. The van der Waals surface area contributed by atoms with E-state index in [2.05, 4.69) is 0 Å². The molecule has 1 N–H and O–H groups in total. The van der Waals surface area contributed by atoms with Gasteiger partial charge in [0.1, 0.15) is 28.7 Å². The maximum Gasteiger partial charge on any atom is 0.170 e. The fraction of sp³-hybridized carbons (Fsp3) is 0.333. The number of aromatic hydroxyl groups is 1. The van der Waals surface area contributed by atoms with E-state index in [0.717, 1.165) is 31.0 Å². The number of hydrogen-bond acceptors (Lipinski definition) is 4. The first-order valence-electron chi connectivity index (χ1n) is 8.72. The van der Waals surface area contributed by atoms with Crippen LogP contribution < -0.4 is 4.74 Å². The fourth-order valence-corrected chi connectivity index (χ4v) is 2.90. The summed E-state index contributed by atoms with van der Waals surface area (Å²) in [4.78, 5) is 22.6. The molecule has 0 spiro atoms. The minimum absolute atomic E-state index is 0.0185. The first-order chi connectivity index (χ1) is 12.7. The van der Waals surface area contributed by atoms with Crippen LogP contribution in [0.3, 0.4) is 0 Å². The van der Waals surface area contributed by atoms with E-state index in [1.165, 1.54) is 19.1 Å². The lowest BCUT2D eigenvalue weighted by Gasteiger charge is -2.36. The second-order valence-electron chi connectivity index (χ2n) is 6.45. The highest BCUT2D eigenvalue weighted by molar-refractivity contribution is 6.00. The molecule has 0 unspecified atom stereocenters. The Morgan fingerprint density at radius 3 is 2.26 bits per heavy atom. The number of Topliss-reactive ketones (excluding diaryl/α,β-unsaturated/α-hetero) is 2. The Kier molecular flexibility index (Phi) is 6.31. The first-order valence-corrected chi connectivity index (χ1v) is 8.72. The van der Waals surface area contributed by atoms with Crippen molar-refractivity contribution in [2.45, 2.75) is 45.6 Å². The van der Waals surface area contributed by atoms with Gasteiger partial charge in [-0.15, -0.1) is 0 Å². The van der Waals surface area contributed by atoms with Crippen molar-refractivity contribution < 1.29 is 28.2 Å². The number of fused-ring (bicyclic) bond motifs is 1. The van der Waals surface area contributed by atoms with E-state index in [4.69, 9.17) is 9.84 Å². The molecule has 1 heterocycles. The van der Waals surface area contributed by atoms with Crippen LogP contribution in [-0.4, -0.2) is 22.3 Å². The van der Waals surface area contributed by atoms with Gasteiger partial charge in [-0.2, -0.15) is 0 Å². The number of phenols is 1. The van der Waals surface area contributed by atoms with Gasteiger partial charge in [0.15, 0.2) is 11.6 Å². The molecule has 27 heavy (non-hydrogen) atoms. The van der Waals surface area contributed by atoms with Crippen LogP contribution in [0.5, 0.6) is 11.5 Å². The number of ether oxygens (including phenoxy) is 1. The number of carbonyl (C=O) groups is 2.